The van der Waals surface area contributed by atoms with Crippen molar-refractivity contribution >= 4 is 12.4 Å². The molecule has 136 valence electrons. The Bertz CT molecular complexity index is 642. The van der Waals surface area contributed by atoms with Crippen LogP contribution in [-0.2, 0) is 0 Å². The molecule has 0 spiro atoms. The molecule has 2 unspecified atom stereocenters. The summed E-state index contributed by atoms with van der Waals surface area (Å²) in [6.07, 6.45) is 6.26. The number of rotatable bonds is 4. The van der Waals surface area contributed by atoms with Gasteiger partial charge in [0.15, 0.2) is 0 Å². The summed E-state index contributed by atoms with van der Waals surface area (Å²) in [4.78, 5) is 7.29. The fraction of sp³-hybridized carbons (Fsp3) is 0.579. The number of piperidine rings is 2. The lowest BCUT2D eigenvalue weighted by molar-refractivity contribution is 0.0937. The van der Waals surface area contributed by atoms with Crippen LogP contribution in [0.4, 0.5) is 0 Å². The standard InChI is InChI=1S/C19H26N4O.ClH/c1-2-8-16(9-3-1)18-21-19(24-22-18)17-10-4-5-12-23(17)14-15-7-6-11-20-13-15;/h1-3,8-9,15,17,20H,4-7,10-14H2;1H. The Morgan fingerprint density at radius 3 is 2.80 bits per heavy atom. The highest BCUT2D eigenvalue weighted by Crippen LogP contribution is 2.32. The molecular weight excluding hydrogens is 336 g/mol. The van der Waals surface area contributed by atoms with Crippen molar-refractivity contribution in [2.75, 3.05) is 26.2 Å². The summed E-state index contributed by atoms with van der Waals surface area (Å²) >= 11 is 0. The highest BCUT2D eigenvalue weighted by atomic mass is 35.5. The first-order chi connectivity index (χ1) is 11.9. The van der Waals surface area contributed by atoms with Crippen LogP contribution in [0, 0.1) is 5.92 Å². The summed E-state index contributed by atoms with van der Waals surface area (Å²) in [6, 6.07) is 10.4. The fourth-order valence-electron chi connectivity index (χ4n) is 3.98. The third kappa shape index (κ3) is 4.40. The Morgan fingerprint density at radius 2 is 2.00 bits per heavy atom. The monoisotopic (exact) mass is 362 g/mol. The molecule has 6 heteroatoms. The number of nitrogens with one attached hydrogen (secondary N) is 1. The highest BCUT2D eigenvalue weighted by Gasteiger charge is 2.30. The summed E-state index contributed by atoms with van der Waals surface area (Å²) in [5.74, 6) is 2.24. The van der Waals surface area contributed by atoms with Gasteiger partial charge in [-0.1, -0.05) is 41.9 Å². The lowest BCUT2D eigenvalue weighted by Gasteiger charge is -2.37. The van der Waals surface area contributed by atoms with Crippen molar-refractivity contribution in [2.45, 2.75) is 38.1 Å². The molecule has 4 rings (SSSR count). The van der Waals surface area contributed by atoms with Crippen LogP contribution >= 0.6 is 12.4 Å². The van der Waals surface area contributed by atoms with Gasteiger partial charge in [0.25, 0.3) is 0 Å². The van der Waals surface area contributed by atoms with E-state index in [1.807, 2.05) is 30.3 Å². The van der Waals surface area contributed by atoms with Crippen molar-refractivity contribution in [3.8, 4) is 11.4 Å². The largest absolute Gasteiger partial charge is 0.337 e. The van der Waals surface area contributed by atoms with Gasteiger partial charge in [-0.3, -0.25) is 4.90 Å². The second-order valence-corrected chi connectivity index (χ2v) is 7.04. The summed E-state index contributed by atoms with van der Waals surface area (Å²) in [6.45, 7) is 4.59. The van der Waals surface area contributed by atoms with E-state index in [2.05, 4.69) is 15.4 Å². The normalized spacial score (nSPS) is 24.6. The van der Waals surface area contributed by atoms with E-state index in [1.54, 1.807) is 0 Å². The van der Waals surface area contributed by atoms with Crippen LogP contribution in [0.3, 0.4) is 0 Å². The lowest BCUT2D eigenvalue weighted by atomic mass is 9.95. The molecule has 1 aromatic carbocycles. The molecule has 2 aromatic rings. The number of hydrogen-bond acceptors (Lipinski definition) is 5. The van der Waals surface area contributed by atoms with Crippen molar-refractivity contribution in [3.05, 3.63) is 36.2 Å². The van der Waals surface area contributed by atoms with Gasteiger partial charge in [-0.2, -0.15) is 4.98 Å². The van der Waals surface area contributed by atoms with E-state index in [0.29, 0.717) is 5.82 Å². The van der Waals surface area contributed by atoms with Crippen molar-refractivity contribution in [1.29, 1.82) is 0 Å². The quantitative estimate of drug-likeness (QED) is 0.899. The van der Waals surface area contributed by atoms with E-state index in [1.165, 1.54) is 32.2 Å². The molecule has 2 fully saturated rings. The zero-order valence-corrected chi connectivity index (χ0v) is 15.4. The average Bonchev–Trinajstić information content (AvgIpc) is 3.14. The number of hydrogen-bond donors (Lipinski definition) is 1. The van der Waals surface area contributed by atoms with Crippen LogP contribution in [0.2, 0.25) is 0 Å². The minimum atomic E-state index is 0. The molecule has 1 N–H and O–H groups in total. The number of likely N-dealkylation sites (tertiary alicyclic amines) is 1. The topological polar surface area (TPSA) is 54.2 Å². The van der Waals surface area contributed by atoms with Gasteiger partial charge in [0, 0.05) is 12.1 Å². The smallest absolute Gasteiger partial charge is 0.244 e. The molecule has 3 heterocycles. The maximum atomic E-state index is 5.66. The molecule has 25 heavy (non-hydrogen) atoms. The van der Waals surface area contributed by atoms with Gasteiger partial charge in [-0.05, 0) is 51.2 Å². The van der Waals surface area contributed by atoms with Crippen molar-refractivity contribution in [2.24, 2.45) is 5.92 Å². The molecule has 0 saturated carbocycles. The van der Waals surface area contributed by atoms with E-state index in [0.717, 1.165) is 43.4 Å². The number of nitrogens with zero attached hydrogens (tertiary/aromatic N) is 3. The van der Waals surface area contributed by atoms with Crippen LogP contribution < -0.4 is 5.32 Å². The summed E-state index contributed by atoms with van der Waals surface area (Å²) in [5.41, 5.74) is 1.02. The zero-order valence-electron chi connectivity index (χ0n) is 14.6. The Hall–Kier alpha value is -1.43. The maximum absolute atomic E-state index is 5.66. The van der Waals surface area contributed by atoms with Gasteiger partial charge >= 0.3 is 0 Å². The molecule has 2 aliphatic heterocycles. The van der Waals surface area contributed by atoms with Crippen molar-refractivity contribution in [1.82, 2.24) is 20.4 Å². The molecular formula is C19H27ClN4O. The highest BCUT2D eigenvalue weighted by molar-refractivity contribution is 5.85. The Labute approximate surface area is 155 Å². The van der Waals surface area contributed by atoms with E-state index < -0.39 is 0 Å². The second-order valence-electron chi connectivity index (χ2n) is 7.04. The SMILES string of the molecule is Cl.c1ccc(-c2noc(C3CCCCN3CC3CCCNC3)n2)cc1. The number of halogens is 1. The lowest BCUT2D eigenvalue weighted by Crippen LogP contribution is -2.41. The summed E-state index contributed by atoms with van der Waals surface area (Å²) in [5, 5.41) is 7.74. The van der Waals surface area contributed by atoms with Crippen molar-refractivity contribution < 1.29 is 4.52 Å². The first kappa shape index (κ1) is 18.4. The van der Waals surface area contributed by atoms with Crippen molar-refractivity contribution in [3.63, 3.8) is 0 Å². The third-order valence-electron chi connectivity index (χ3n) is 5.26. The first-order valence-corrected chi connectivity index (χ1v) is 9.24. The van der Waals surface area contributed by atoms with Gasteiger partial charge in [0.1, 0.15) is 0 Å². The van der Waals surface area contributed by atoms with Gasteiger partial charge in [-0.25, -0.2) is 0 Å². The van der Waals surface area contributed by atoms with Crippen LogP contribution in [0.15, 0.2) is 34.9 Å². The zero-order chi connectivity index (χ0) is 16.2. The van der Waals surface area contributed by atoms with Crippen LogP contribution in [0.1, 0.15) is 44.0 Å². The molecule has 0 radical (unpaired) electrons. The molecule has 2 atom stereocenters. The molecule has 1 aromatic heterocycles. The second kappa shape index (κ2) is 8.79. The summed E-state index contributed by atoms with van der Waals surface area (Å²) in [7, 11) is 0. The van der Waals surface area contributed by atoms with E-state index >= 15 is 0 Å². The molecule has 0 amide bonds. The Morgan fingerprint density at radius 1 is 1.12 bits per heavy atom. The minimum Gasteiger partial charge on any atom is -0.337 e. The molecule has 2 saturated heterocycles. The Balaban J connectivity index is 0.00000182. The average molecular weight is 363 g/mol. The van der Waals surface area contributed by atoms with Gasteiger partial charge in [0.05, 0.1) is 6.04 Å². The fourth-order valence-corrected chi connectivity index (χ4v) is 3.98. The predicted octanol–water partition coefficient (Wildman–Crippen LogP) is 3.69. The summed E-state index contributed by atoms with van der Waals surface area (Å²) < 4.78 is 5.66. The third-order valence-corrected chi connectivity index (χ3v) is 5.26. The van der Waals surface area contributed by atoms with E-state index in [9.17, 15) is 0 Å². The molecule has 5 nitrogen and oxygen atoms in total. The van der Waals surface area contributed by atoms with Crippen LogP contribution in [0.5, 0.6) is 0 Å². The Kier molecular flexibility index (Phi) is 6.45. The van der Waals surface area contributed by atoms with Gasteiger partial charge in [0.2, 0.25) is 11.7 Å². The first-order valence-electron chi connectivity index (χ1n) is 9.24. The van der Waals surface area contributed by atoms with E-state index in [-0.39, 0.29) is 18.4 Å². The van der Waals surface area contributed by atoms with Crippen LogP contribution in [0.25, 0.3) is 11.4 Å². The molecule has 2 aliphatic rings. The number of benzene rings is 1. The van der Waals surface area contributed by atoms with Crippen LogP contribution in [-0.4, -0.2) is 41.2 Å². The van der Waals surface area contributed by atoms with E-state index in [4.69, 9.17) is 9.51 Å². The maximum Gasteiger partial charge on any atom is 0.244 e. The number of aromatic nitrogens is 2. The van der Waals surface area contributed by atoms with Gasteiger partial charge < -0.3 is 9.84 Å². The van der Waals surface area contributed by atoms with Gasteiger partial charge in [-0.15, -0.1) is 12.4 Å². The molecule has 0 bridgehead atoms. The minimum absolute atomic E-state index is 0. The molecule has 0 aliphatic carbocycles. The predicted molar refractivity (Wildman–Crippen MR) is 101 cm³/mol.